The maximum Gasteiger partial charge on any atom is 0.338 e. The van der Waals surface area contributed by atoms with E-state index in [9.17, 15) is 13.6 Å². The number of carbonyl (C=O) groups is 1. The molecule has 1 fully saturated rings. The molecule has 3 N–H and O–H groups in total. The van der Waals surface area contributed by atoms with Gasteiger partial charge in [-0.15, -0.1) is 0 Å². The molecule has 0 unspecified atom stereocenters. The lowest BCUT2D eigenvalue weighted by molar-refractivity contribution is 0.0691. The maximum atomic E-state index is 13.8. The quantitative estimate of drug-likeness (QED) is 0.851. The molecular weight excluding hydrogens is 228 g/mol. The summed E-state index contributed by atoms with van der Waals surface area (Å²) in [4.78, 5) is 10.7. The second-order valence-corrected chi connectivity index (χ2v) is 4.46. The Kier molecular flexibility index (Phi) is 2.87. The lowest BCUT2D eigenvalue weighted by Crippen LogP contribution is -2.42. The van der Waals surface area contributed by atoms with Crippen LogP contribution in [0.5, 0.6) is 0 Å². The SMILES string of the molecule is NCC1(c2cc(F)c(C(=O)O)cc2F)CCC1. The van der Waals surface area contributed by atoms with Crippen LogP contribution in [-0.4, -0.2) is 17.6 Å². The number of aromatic carboxylic acids is 1. The summed E-state index contributed by atoms with van der Waals surface area (Å²) in [6, 6.07) is 1.72. The fourth-order valence-corrected chi connectivity index (χ4v) is 2.30. The fourth-order valence-electron chi connectivity index (χ4n) is 2.30. The minimum atomic E-state index is -1.47. The summed E-state index contributed by atoms with van der Waals surface area (Å²) in [6.45, 7) is 0.246. The van der Waals surface area contributed by atoms with Gasteiger partial charge in [-0.3, -0.25) is 0 Å². The van der Waals surface area contributed by atoms with Gasteiger partial charge in [-0.1, -0.05) is 6.42 Å². The molecule has 0 aromatic heterocycles. The molecule has 0 spiro atoms. The van der Waals surface area contributed by atoms with Crippen molar-refractivity contribution in [2.45, 2.75) is 24.7 Å². The average Bonchev–Trinajstić information content (AvgIpc) is 2.21. The van der Waals surface area contributed by atoms with Gasteiger partial charge in [-0.05, 0) is 30.5 Å². The van der Waals surface area contributed by atoms with Crippen molar-refractivity contribution in [3.8, 4) is 0 Å². The summed E-state index contributed by atoms with van der Waals surface area (Å²) in [6.07, 6.45) is 2.36. The summed E-state index contributed by atoms with van der Waals surface area (Å²) < 4.78 is 27.3. The van der Waals surface area contributed by atoms with E-state index in [4.69, 9.17) is 10.8 Å². The molecule has 92 valence electrons. The molecular formula is C12H13F2NO2. The molecule has 0 saturated heterocycles. The van der Waals surface area contributed by atoms with Crippen LogP contribution in [0, 0.1) is 11.6 Å². The predicted molar refractivity (Wildman–Crippen MR) is 57.9 cm³/mol. The predicted octanol–water partition coefficient (Wildman–Crippen LogP) is 2.04. The van der Waals surface area contributed by atoms with Gasteiger partial charge in [-0.2, -0.15) is 0 Å². The molecule has 0 radical (unpaired) electrons. The Morgan fingerprint density at radius 2 is 2.00 bits per heavy atom. The molecule has 0 amide bonds. The lowest BCUT2D eigenvalue weighted by Gasteiger charge is -2.41. The Morgan fingerprint density at radius 1 is 1.35 bits per heavy atom. The van der Waals surface area contributed by atoms with E-state index in [1.807, 2.05) is 0 Å². The van der Waals surface area contributed by atoms with E-state index < -0.39 is 28.6 Å². The summed E-state index contributed by atoms with van der Waals surface area (Å²) in [5.41, 5.74) is 4.66. The van der Waals surface area contributed by atoms with E-state index in [1.54, 1.807) is 0 Å². The first kappa shape index (κ1) is 12.0. The zero-order valence-electron chi connectivity index (χ0n) is 9.17. The van der Waals surface area contributed by atoms with Crippen LogP contribution in [0.1, 0.15) is 35.2 Å². The number of hydrogen-bond acceptors (Lipinski definition) is 2. The summed E-state index contributed by atoms with van der Waals surface area (Å²) in [5.74, 6) is -3.06. The zero-order chi connectivity index (χ0) is 12.6. The van der Waals surface area contributed by atoms with Gasteiger partial charge in [-0.25, -0.2) is 13.6 Å². The van der Waals surface area contributed by atoms with E-state index in [1.165, 1.54) is 0 Å². The Labute approximate surface area is 97.2 Å². The number of hydrogen-bond donors (Lipinski definition) is 2. The van der Waals surface area contributed by atoms with Crippen LogP contribution in [0.4, 0.5) is 8.78 Å². The van der Waals surface area contributed by atoms with Crippen LogP contribution in [0.2, 0.25) is 0 Å². The van der Waals surface area contributed by atoms with Crippen molar-refractivity contribution in [2.75, 3.05) is 6.54 Å². The van der Waals surface area contributed by atoms with Crippen molar-refractivity contribution in [2.24, 2.45) is 5.73 Å². The van der Waals surface area contributed by atoms with Gasteiger partial charge in [0.25, 0.3) is 0 Å². The van der Waals surface area contributed by atoms with Gasteiger partial charge in [0, 0.05) is 12.0 Å². The van der Waals surface area contributed by atoms with Gasteiger partial charge < -0.3 is 10.8 Å². The second kappa shape index (κ2) is 4.07. The number of benzene rings is 1. The Balaban J connectivity index is 2.50. The van der Waals surface area contributed by atoms with Crippen molar-refractivity contribution >= 4 is 5.97 Å². The normalized spacial score (nSPS) is 17.6. The molecule has 0 heterocycles. The maximum absolute atomic E-state index is 13.8. The van der Waals surface area contributed by atoms with E-state index in [2.05, 4.69) is 0 Å². The minimum Gasteiger partial charge on any atom is -0.478 e. The highest BCUT2D eigenvalue weighted by Crippen LogP contribution is 2.44. The first-order chi connectivity index (χ1) is 8.00. The van der Waals surface area contributed by atoms with Gasteiger partial charge in [0.15, 0.2) is 0 Å². The Morgan fingerprint density at radius 3 is 2.41 bits per heavy atom. The molecule has 17 heavy (non-hydrogen) atoms. The monoisotopic (exact) mass is 241 g/mol. The molecule has 1 aromatic rings. The molecule has 1 saturated carbocycles. The molecule has 0 atom stereocenters. The number of carboxylic acids is 1. The number of halogens is 2. The standard InChI is InChI=1S/C12H13F2NO2/c13-9-5-8(12(6-15)2-1-3-12)10(14)4-7(9)11(16)17/h4-5H,1-3,6,15H2,(H,16,17). The minimum absolute atomic E-state index is 0.203. The third-order valence-corrected chi connectivity index (χ3v) is 3.56. The van der Waals surface area contributed by atoms with Crippen molar-refractivity contribution in [3.05, 3.63) is 34.9 Å². The molecule has 0 bridgehead atoms. The van der Waals surface area contributed by atoms with Gasteiger partial charge in [0.05, 0.1) is 5.56 Å². The molecule has 3 nitrogen and oxygen atoms in total. The summed E-state index contributed by atoms with van der Waals surface area (Å²) in [5, 5.41) is 8.68. The zero-order valence-corrected chi connectivity index (χ0v) is 9.17. The summed E-state index contributed by atoms with van der Waals surface area (Å²) >= 11 is 0. The van der Waals surface area contributed by atoms with Crippen LogP contribution in [0.3, 0.4) is 0 Å². The number of carboxylic acid groups (broad SMARTS) is 1. The van der Waals surface area contributed by atoms with Crippen molar-refractivity contribution in [3.63, 3.8) is 0 Å². The third kappa shape index (κ3) is 1.80. The van der Waals surface area contributed by atoms with Crippen LogP contribution < -0.4 is 5.73 Å². The van der Waals surface area contributed by atoms with Crippen molar-refractivity contribution in [1.29, 1.82) is 0 Å². The number of nitrogens with two attached hydrogens (primary N) is 1. The first-order valence-corrected chi connectivity index (χ1v) is 5.43. The fraction of sp³-hybridized carbons (Fsp3) is 0.417. The highest BCUT2D eigenvalue weighted by Gasteiger charge is 2.40. The van der Waals surface area contributed by atoms with Gasteiger partial charge in [0.2, 0.25) is 0 Å². The Hall–Kier alpha value is -1.49. The lowest BCUT2D eigenvalue weighted by atomic mass is 9.64. The highest BCUT2D eigenvalue weighted by atomic mass is 19.1. The summed E-state index contributed by atoms with van der Waals surface area (Å²) in [7, 11) is 0. The number of rotatable bonds is 3. The molecule has 1 aliphatic carbocycles. The molecule has 0 aliphatic heterocycles. The van der Waals surface area contributed by atoms with E-state index in [0.29, 0.717) is 12.8 Å². The molecule has 1 aromatic carbocycles. The van der Waals surface area contributed by atoms with Crippen LogP contribution in [-0.2, 0) is 5.41 Å². The average molecular weight is 241 g/mol. The van der Waals surface area contributed by atoms with E-state index >= 15 is 0 Å². The molecule has 1 aliphatic rings. The third-order valence-electron chi connectivity index (χ3n) is 3.56. The van der Waals surface area contributed by atoms with Gasteiger partial charge >= 0.3 is 5.97 Å². The van der Waals surface area contributed by atoms with Crippen LogP contribution in [0.25, 0.3) is 0 Å². The van der Waals surface area contributed by atoms with Crippen LogP contribution in [0.15, 0.2) is 12.1 Å². The van der Waals surface area contributed by atoms with E-state index in [0.717, 1.165) is 18.6 Å². The Bertz CT molecular complexity index is 464. The van der Waals surface area contributed by atoms with Crippen molar-refractivity contribution in [1.82, 2.24) is 0 Å². The topological polar surface area (TPSA) is 63.3 Å². The molecule has 5 heteroatoms. The smallest absolute Gasteiger partial charge is 0.338 e. The van der Waals surface area contributed by atoms with E-state index in [-0.39, 0.29) is 12.1 Å². The molecule has 2 rings (SSSR count). The highest BCUT2D eigenvalue weighted by molar-refractivity contribution is 5.88. The van der Waals surface area contributed by atoms with Crippen molar-refractivity contribution < 1.29 is 18.7 Å². The second-order valence-electron chi connectivity index (χ2n) is 4.46. The van der Waals surface area contributed by atoms with Crippen LogP contribution >= 0.6 is 0 Å². The first-order valence-electron chi connectivity index (χ1n) is 5.43. The van der Waals surface area contributed by atoms with Gasteiger partial charge in [0.1, 0.15) is 11.6 Å². The largest absolute Gasteiger partial charge is 0.478 e.